The molecule has 1 atom stereocenters. The number of amides is 3. The predicted molar refractivity (Wildman–Crippen MR) is 106 cm³/mol. The fourth-order valence-electron chi connectivity index (χ4n) is 3.89. The van der Waals surface area contributed by atoms with E-state index in [0.29, 0.717) is 5.71 Å². The van der Waals surface area contributed by atoms with Gasteiger partial charge in [-0.05, 0) is 37.1 Å². The molecule has 0 N–H and O–H groups in total. The van der Waals surface area contributed by atoms with Crippen molar-refractivity contribution >= 4 is 27.7 Å². The van der Waals surface area contributed by atoms with Crippen molar-refractivity contribution in [3.8, 4) is 5.75 Å². The molecule has 1 aliphatic carbocycles. The molecule has 0 bridgehead atoms. The lowest BCUT2D eigenvalue weighted by Gasteiger charge is -2.38. The molecule has 1 unspecified atom stereocenters. The Morgan fingerprint density at radius 3 is 2.57 bits per heavy atom. The number of benzene rings is 1. The summed E-state index contributed by atoms with van der Waals surface area (Å²) in [4.78, 5) is 30.2. The van der Waals surface area contributed by atoms with Gasteiger partial charge in [-0.25, -0.2) is 17.6 Å². The highest BCUT2D eigenvalue weighted by molar-refractivity contribution is 7.89. The van der Waals surface area contributed by atoms with Crippen LogP contribution >= 0.6 is 0 Å². The van der Waals surface area contributed by atoms with Crippen LogP contribution in [-0.4, -0.2) is 61.5 Å². The first-order chi connectivity index (χ1) is 14.3. The van der Waals surface area contributed by atoms with Gasteiger partial charge in [0, 0.05) is 19.1 Å². The second-order valence-electron chi connectivity index (χ2n) is 7.18. The predicted octanol–water partition coefficient (Wildman–Crippen LogP) is 2.13. The smallest absolute Gasteiger partial charge is 0.350 e. The van der Waals surface area contributed by atoms with Crippen molar-refractivity contribution in [2.75, 3.05) is 20.2 Å². The molecule has 4 rings (SSSR count). The zero-order valence-electron chi connectivity index (χ0n) is 16.2. The first kappa shape index (κ1) is 20.4. The van der Waals surface area contributed by atoms with Crippen LogP contribution in [0.25, 0.3) is 0 Å². The Morgan fingerprint density at radius 2 is 1.90 bits per heavy atom. The first-order valence-electron chi connectivity index (χ1n) is 9.47. The summed E-state index contributed by atoms with van der Waals surface area (Å²) in [6.07, 6.45) is 7.36. The van der Waals surface area contributed by atoms with Crippen molar-refractivity contribution in [2.24, 2.45) is 10.9 Å². The van der Waals surface area contributed by atoms with Gasteiger partial charge in [0.05, 0.1) is 23.6 Å². The molecule has 30 heavy (non-hydrogen) atoms. The van der Waals surface area contributed by atoms with E-state index in [1.165, 1.54) is 23.5 Å². The van der Waals surface area contributed by atoms with Crippen LogP contribution in [-0.2, 0) is 14.8 Å². The number of rotatable bonds is 4. The molecule has 0 aromatic heterocycles. The number of allylic oxidation sites excluding steroid dienone is 3. The van der Waals surface area contributed by atoms with Crippen LogP contribution < -0.4 is 4.74 Å². The number of imide groups is 1. The summed E-state index contributed by atoms with van der Waals surface area (Å²) in [7, 11) is -2.61. The number of halogens is 1. The number of piperidine rings is 1. The molecule has 1 saturated heterocycles. The topological polar surface area (TPSA) is 96.4 Å². The van der Waals surface area contributed by atoms with E-state index in [1.54, 1.807) is 24.3 Å². The van der Waals surface area contributed by atoms with Gasteiger partial charge in [-0.2, -0.15) is 9.30 Å². The number of ether oxygens (including phenoxy) is 1. The number of methoxy groups -OCH3 is 1. The zero-order valence-corrected chi connectivity index (χ0v) is 17.0. The molecule has 158 valence electrons. The average molecular weight is 433 g/mol. The molecule has 0 radical (unpaired) electrons. The minimum atomic E-state index is -3.91. The van der Waals surface area contributed by atoms with Crippen molar-refractivity contribution in [1.82, 2.24) is 9.21 Å². The molecule has 3 aliphatic rings. The van der Waals surface area contributed by atoms with Crippen LogP contribution in [0.3, 0.4) is 0 Å². The van der Waals surface area contributed by atoms with E-state index in [0.717, 1.165) is 11.0 Å². The van der Waals surface area contributed by atoms with Crippen molar-refractivity contribution in [2.45, 2.75) is 23.8 Å². The highest BCUT2D eigenvalue weighted by Gasteiger charge is 2.41. The minimum Gasteiger partial charge on any atom is -0.494 e. The van der Waals surface area contributed by atoms with Gasteiger partial charge in [0.15, 0.2) is 11.6 Å². The van der Waals surface area contributed by atoms with Gasteiger partial charge in [-0.15, -0.1) is 0 Å². The number of fused-ring (bicyclic) bond motifs is 1. The van der Waals surface area contributed by atoms with Gasteiger partial charge in [-0.3, -0.25) is 9.69 Å². The first-order valence-corrected chi connectivity index (χ1v) is 10.9. The van der Waals surface area contributed by atoms with E-state index < -0.39 is 33.8 Å². The van der Waals surface area contributed by atoms with Crippen molar-refractivity contribution in [1.29, 1.82) is 0 Å². The van der Waals surface area contributed by atoms with Crippen LogP contribution in [0.2, 0.25) is 0 Å². The lowest BCUT2D eigenvalue weighted by Crippen LogP contribution is -2.54. The summed E-state index contributed by atoms with van der Waals surface area (Å²) in [6.45, 7) is 0.212. The molecule has 1 aromatic carbocycles. The highest BCUT2D eigenvalue weighted by atomic mass is 32.2. The molecule has 8 nitrogen and oxygen atoms in total. The van der Waals surface area contributed by atoms with Gasteiger partial charge in [0.1, 0.15) is 0 Å². The number of urea groups is 1. The van der Waals surface area contributed by atoms with Crippen molar-refractivity contribution < 1.29 is 27.1 Å². The number of hydrogen-bond donors (Lipinski definition) is 0. The van der Waals surface area contributed by atoms with E-state index >= 15 is 0 Å². The Balaban J connectivity index is 1.49. The summed E-state index contributed by atoms with van der Waals surface area (Å²) in [5.41, 5.74) is 0.422. The number of carbonyl (C=O) groups excluding carboxylic acids is 2. The third kappa shape index (κ3) is 3.46. The second kappa shape index (κ2) is 7.77. The number of hydrogen-bond acceptors (Lipinski definition) is 5. The van der Waals surface area contributed by atoms with Crippen LogP contribution in [0.4, 0.5) is 9.18 Å². The Bertz CT molecular complexity index is 1090. The molecule has 0 spiro atoms. The fraction of sp³-hybridized carbons (Fsp3) is 0.350. The monoisotopic (exact) mass is 433 g/mol. The Morgan fingerprint density at radius 1 is 1.17 bits per heavy atom. The fourth-order valence-corrected chi connectivity index (χ4v) is 5.37. The van der Waals surface area contributed by atoms with E-state index in [1.807, 2.05) is 0 Å². The molecule has 2 aliphatic heterocycles. The SMILES string of the molecule is COc1ccc(S(=O)(=O)N2CCC(N3C(=O)N=C4C=CC=CC4C3=O)CC2)cc1F. The van der Waals surface area contributed by atoms with Crippen LogP contribution in [0.15, 0.2) is 52.4 Å². The average Bonchev–Trinajstić information content (AvgIpc) is 2.74. The lowest BCUT2D eigenvalue weighted by atomic mass is 9.93. The largest absolute Gasteiger partial charge is 0.494 e. The number of carbonyl (C=O) groups is 2. The summed E-state index contributed by atoms with van der Waals surface area (Å²) in [6, 6.07) is 2.43. The van der Waals surface area contributed by atoms with Gasteiger partial charge in [-0.1, -0.05) is 18.2 Å². The molecular weight excluding hydrogens is 413 g/mol. The molecule has 0 saturated carbocycles. The van der Waals surface area contributed by atoms with Gasteiger partial charge in [0.2, 0.25) is 15.9 Å². The Hall–Kier alpha value is -2.85. The molecule has 3 amide bonds. The molecule has 1 aromatic rings. The normalized spacial score (nSPS) is 22.8. The van der Waals surface area contributed by atoms with E-state index in [9.17, 15) is 22.4 Å². The third-order valence-electron chi connectivity index (χ3n) is 5.48. The Labute approximate surface area is 173 Å². The van der Waals surface area contributed by atoms with E-state index in [2.05, 4.69) is 4.99 Å². The zero-order chi connectivity index (χ0) is 21.5. The summed E-state index contributed by atoms with van der Waals surface area (Å²) in [5.74, 6) is -1.73. The number of sulfonamides is 1. The lowest BCUT2D eigenvalue weighted by molar-refractivity contribution is -0.131. The molecule has 2 heterocycles. The second-order valence-corrected chi connectivity index (χ2v) is 9.12. The quantitative estimate of drug-likeness (QED) is 0.725. The van der Waals surface area contributed by atoms with Crippen molar-refractivity contribution in [3.63, 3.8) is 0 Å². The van der Waals surface area contributed by atoms with Crippen molar-refractivity contribution in [3.05, 3.63) is 48.3 Å². The maximum Gasteiger partial charge on any atom is 0.350 e. The Kier molecular flexibility index (Phi) is 5.29. The standard InChI is InChI=1S/C20H20FN3O5S/c1-29-18-7-6-14(12-16(18)21)30(27,28)23-10-8-13(9-11-23)24-19(25)15-4-2-3-5-17(15)22-20(24)26/h2-7,12-13,15H,8-11H2,1H3. The molecule has 1 fully saturated rings. The van der Waals surface area contributed by atoms with Crippen LogP contribution in [0, 0.1) is 11.7 Å². The van der Waals surface area contributed by atoms with Gasteiger partial charge < -0.3 is 4.74 Å². The third-order valence-corrected chi connectivity index (χ3v) is 7.38. The van der Waals surface area contributed by atoms with Crippen LogP contribution in [0.5, 0.6) is 5.75 Å². The van der Waals surface area contributed by atoms with E-state index in [-0.39, 0.29) is 42.5 Å². The van der Waals surface area contributed by atoms with Crippen LogP contribution in [0.1, 0.15) is 12.8 Å². The maximum atomic E-state index is 14.0. The highest BCUT2D eigenvalue weighted by Crippen LogP contribution is 2.29. The number of nitrogens with zero attached hydrogens (tertiary/aromatic N) is 3. The number of aliphatic imine (C=N–C) groups is 1. The molecule has 10 heteroatoms. The van der Waals surface area contributed by atoms with Gasteiger partial charge >= 0.3 is 6.03 Å². The van der Waals surface area contributed by atoms with Gasteiger partial charge in [0.25, 0.3) is 0 Å². The maximum absolute atomic E-state index is 14.0. The van der Waals surface area contributed by atoms with E-state index in [4.69, 9.17) is 4.74 Å². The minimum absolute atomic E-state index is 0.0405. The summed E-state index contributed by atoms with van der Waals surface area (Å²) in [5, 5.41) is 0. The molecular formula is C20H20FN3O5S. The summed E-state index contributed by atoms with van der Waals surface area (Å²) < 4.78 is 45.8. The summed E-state index contributed by atoms with van der Waals surface area (Å²) >= 11 is 0.